The summed E-state index contributed by atoms with van der Waals surface area (Å²) in [5, 5.41) is 20.6. The van der Waals surface area contributed by atoms with E-state index in [4.69, 9.17) is 14.9 Å². The van der Waals surface area contributed by atoms with Gasteiger partial charge in [0.2, 0.25) is 16.5 Å². The SMILES string of the molecule is CC(C)(C)OC(=O)Nc1nc(C(=N)C(=O)N[C@@H]2C(=O)N[C@@H]2CNC(=O)NCc2cc(=O)c(OCc3ccccc3)c[nH]2)ns1. The van der Waals surface area contributed by atoms with E-state index in [0.717, 1.165) is 17.1 Å². The van der Waals surface area contributed by atoms with Gasteiger partial charge in [-0.2, -0.15) is 9.36 Å². The van der Waals surface area contributed by atoms with Crippen molar-refractivity contribution in [1.29, 1.82) is 5.41 Å². The van der Waals surface area contributed by atoms with Crippen LogP contribution in [0.5, 0.6) is 5.75 Å². The number of benzene rings is 1. The van der Waals surface area contributed by atoms with Gasteiger partial charge in [0.1, 0.15) is 18.2 Å². The predicted molar refractivity (Wildman–Crippen MR) is 159 cm³/mol. The van der Waals surface area contributed by atoms with Gasteiger partial charge in [0, 0.05) is 36.0 Å². The fourth-order valence-electron chi connectivity index (χ4n) is 3.75. The van der Waals surface area contributed by atoms with E-state index in [9.17, 15) is 24.0 Å². The van der Waals surface area contributed by atoms with Crippen LogP contribution in [0.25, 0.3) is 0 Å². The summed E-state index contributed by atoms with van der Waals surface area (Å²) < 4.78 is 14.6. The topological polar surface area (TPSA) is 229 Å². The van der Waals surface area contributed by atoms with Crippen molar-refractivity contribution in [3.8, 4) is 5.75 Å². The third-order valence-electron chi connectivity index (χ3n) is 5.88. The molecular weight excluding hydrogens is 594 g/mol. The van der Waals surface area contributed by atoms with E-state index in [1.807, 2.05) is 30.3 Å². The Morgan fingerprint density at radius 3 is 2.55 bits per heavy atom. The summed E-state index contributed by atoms with van der Waals surface area (Å²) in [6.07, 6.45) is 0.658. The van der Waals surface area contributed by atoms with E-state index in [0.29, 0.717) is 5.69 Å². The van der Waals surface area contributed by atoms with Crippen LogP contribution in [0.15, 0.2) is 47.4 Å². The van der Waals surface area contributed by atoms with E-state index in [1.54, 1.807) is 20.8 Å². The molecule has 232 valence electrons. The zero-order valence-corrected chi connectivity index (χ0v) is 24.8. The van der Waals surface area contributed by atoms with E-state index < -0.39 is 47.3 Å². The summed E-state index contributed by atoms with van der Waals surface area (Å²) in [4.78, 5) is 68.0. The molecule has 1 aliphatic rings. The van der Waals surface area contributed by atoms with Crippen LogP contribution in [0, 0.1) is 5.41 Å². The highest BCUT2D eigenvalue weighted by atomic mass is 32.1. The van der Waals surface area contributed by atoms with Gasteiger partial charge in [-0.05, 0) is 26.3 Å². The number of urea groups is 1. The van der Waals surface area contributed by atoms with Crippen LogP contribution in [-0.2, 0) is 27.5 Å². The average Bonchev–Trinajstić information content (AvgIpc) is 3.43. The van der Waals surface area contributed by atoms with Gasteiger partial charge in [-0.25, -0.2) is 9.59 Å². The number of rotatable bonds is 11. The van der Waals surface area contributed by atoms with Gasteiger partial charge in [-0.1, -0.05) is 30.3 Å². The molecule has 0 bridgehead atoms. The number of aromatic nitrogens is 3. The molecule has 0 saturated carbocycles. The van der Waals surface area contributed by atoms with Crippen molar-refractivity contribution in [2.75, 3.05) is 11.9 Å². The van der Waals surface area contributed by atoms with Crippen molar-refractivity contribution < 1.29 is 28.7 Å². The number of carbonyl (C=O) groups is 4. The molecule has 3 heterocycles. The summed E-state index contributed by atoms with van der Waals surface area (Å²) >= 11 is 0.753. The molecule has 3 aromatic rings. The maximum absolute atomic E-state index is 12.6. The fourth-order valence-corrected chi connectivity index (χ4v) is 4.31. The number of amides is 5. The van der Waals surface area contributed by atoms with Crippen LogP contribution in [0.2, 0.25) is 0 Å². The number of carbonyl (C=O) groups excluding carboxylic acids is 4. The highest BCUT2D eigenvalue weighted by Crippen LogP contribution is 2.15. The zero-order chi connectivity index (χ0) is 31.9. The highest BCUT2D eigenvalue weighted by molar-refractivity contribution is 7.10. The molecule has 1 fully saturated rings. The maximum atomic E-state index is 12.6. The molecule has 0 unspecified atom stereocenters. The minimum atomic E-state index is -1.01. The quantitative estimate of drug-likeness (QED) is 0.119. The molecular formula is C27H31N9O7S. The van der Waals surface area contributed by atoms with Crippen LogP contribution in [0.3, 0.4) is 0 Å². The predicted octanol–water partition coefficient (Wildman–Crippen LogP) is 1.00. The minimum Gasteiger partial charge on any atom is -0.483 e. The first-order valence-electron chi connectivity index (χ1n) is 13.3. The Morgan fingerprint density at radius 2 is 1.86 bits per heavy atom. The van der Waals surface area contributed by atoms with Crippen molar-refractivity contribution in [2.24, 2.45) is 0 Å². The molecule has 2 aromatic heterocycles. The zero-order valence-electron chi connectivity index (χ0n) is 24.0. The number of H-pyrrole nitrogens is 1. The number of nitrogens with zero attached hydrogens (tertiary/aromatic N) is 2. The van der Waals surface area contributed by atoms with E-state index >= 15 is 0 Å². The molecule has 5 amide bonds. The van der Waals surface area contributed by atoms with Crippen LogP contribution in [0.1, 0.15) is 37.9 Å². The van der Waals surface area contributed by atoms with Gasteiger partial charge in [0.05, 0.1) is 12.6 Å². The largest absolute Gasteiger partial charge is 0.483 e. The van der Waals surface area contributed by atoms with Crippen LogP contribution in [-0.4, -0.2) is 68.2 Å². The number of pyridine rings is 1. The number of aromatic amines is 1. The number of anilines is 1. The van der Waals surface area contributed by atoms with Crippen molar-refractivity contribution in [3.63, 3.8) is 0 Å². The Balaban J connectivity index is 1.20. The maximum Gasteiger partial charge on any atom is 0.414 e. The standard InChI is InChI=1S/C27H31N9O7S/c1-27(2,3)43-26(41)35-25-34-21(36-44-25)19(28)22(38)33-20-16(32-23(20)39)11-31-24(40)30-10-15-9-17(37)18(12-29-15)42-13-14-7-5-4-6-8-14/h4-9,12,16,20,28H,10-11,13H2,1-3H3,(H,29,37)(H,32,39)(H,33,38)(H2,30,31,40)(H,34,35,36,41)/t16-,20+/m1/s1. The molecule has 0 spiro atoms. The second-order valence-corrected chi connectivity index (χ2v) is 11.3. The molecule has 0 aliphatic carbocycles. The Hall–Kier alpha value is -5.32. The Morgan fingerprint density at radius 1 is 1.11 bits per heavy atom. The lowest BCUT2D eigenvalue weighted by Crippen LogP contribution is -2.72. The minimum absolute atomic E-state index is 0.0137. The summed E-state index contributed by atoms with van der Waals surface area (Å²) in [5.74, 6) is -1.52. The Bertz CT molecular complexity index is 1600. The van der Waals surface area contributed by atoms with Gasteiger partial charge >= 0.3 is 12.1 Å². The highest BCUT2D eigenvalue weighted by Gasteiger charge is 2.41. The summed E-state index contributed by atoms with van der Waals surface area (Å²) in [6, 6.07) is 8.48. The van der Waals surface area contributed by atoms with Crippen molar-refractivity contribution in [1.82, 2.24) is 35.6 Å². The Kier molecular flexibility index (Phi) is 9.89. The monoisotopic (exact) mass is 625 g/mol. The fraction of sp³-hybridized carbons (Fsp3) is 0.333. The third-order valence-corrected chi connectivity index (χ3v) is 6.51. The molecule has 1 aliphatic heterocycles. The Labute approximate surface area is 255 Å². The molecule has 7 N–H and O–H groups in total. The lowest BCUT2D eigenvalue weighted by molar-refractivity contribution is -0.134. The van der Waals surface area contributed by atoms with Gasteiger partial charge in [0.25, 0.3) is 5.91 Å². The normalized spacial score (nSPS) is 15.7. The molecule has 16 nitrogen and oxygen atoms in total. The molecule has 17 heteroatoms. The first-order valence-corrected chi connectivity index (χ1v) is 14.1. The molecule has 0 radical (unpaired) electrons. The number of hydrogen-bond acceptors (Lipinski definition) is 11. The number of hydrogen-bond donors (Lipinski definition) is 7. The third kappa shape index (κ3) is 8.84. The van der Waals surface area contributed by atoms with Crippen molar-refractivity contribution in [2.45, 2.75) is 51.6 Å². The van der Waals surface area contributed by atoms with Crippen LogP contribution < -0.4 is 36.7 Å². The van der Waals surface area contributed by atoms with E-state index in [1.165, 1.54) is 12.3 Å². The summed E-state index contributed by atoms with van der Waals surface area (Å²) in [7, 11) is 0. The first-order chi connectivity index (χ1) is 20.9. The molecule has 4 rings (SSSR count). The first kappa shape index (κ1) is 31.6. The molecule has 1 aromatic carbocycles. The van der Waals surface area contributed by atoms with Gasteiger partial charge in [-0.3, -0.25) is 25.1 Å². The smallest absolute Gasteiger partial charge is 0.414 e. The van der Waals surface area contributed by atoms with Gasteiger partial charge in [-0.15, -0.1) is 0 Å². The van der Waals surface area contributed by atoms with Gasteiger partial charge in [0.15, 0.2) is 17.3 Å². The number of β-lactam (4-membered cyclic amide) rings is 1. The molecule has 1 saturated heterocycles. The summed E-state index contributed by atoms with van der Waals surface area (Å²) in [6.45, 7) is 5.29. The van der Waals surface area contributed by atoms with E-state index in [-0.39, 0.29) is 41.8 Å². The molecule has 2 atom stereocenters. The lowest BCUT2D eigenvalue weighted by Gasteiger charge is -2.37. The van der Waals surface area contributed by atoms with E-state index in [2.05, 4.69) is 40.9 Å². The molecule has 44 heavy (non-hydrogen) atoms. The van der Waals surface area contributed by atoms with Gasteiger partial charge < -0.3 is 35.7 Å². The lowest BCUT2D eigenvalue weighted by atomic mass is 9.98. The number of nitrogens with one attached hydrogen (secondary N) is 7. The van der Waals surface area contributed by atoms with Crippen molar-refractivity contribution in [3.05, 3.63) is 69.9 Å². The van der Waals surface area contributed by atoms with Crippen molar-refractivity contribution >= 4 is 46.3 Å². The van der Waals surface area contributed by atoms with Crippen LogP contribution in [0.4, 0.5) is 14.7 Å². The summed E-state index contributed by atoms with van der Waals surface area (Å²) in [5.41, 5.74) is -0.338. The average molecular weight is 626 g/mol. The number of ether oxygens (including phenoxy) is 2. The second kappa shape index (κ2) is 13.8. The second-order valence-electron chi connectivity index (χ2n) is 10.5. The van der Waals surface area contributed by atoms with Crippen LogP contribution >= 0.6 is 11.5 Å².